The van der Waals surface area contributed by atoms with Crippen LogP contribution >= 0.6 is 0 Å². The van der Waals surface area contributed by atoms with Crippen molar-refractivity contribution < 1.29 is 22.3 Å². The Morgan fingerprint density at radius 2 is 1.73 bits per heavy atom. The maximum absolute atomic E-state index is 5.35. The lowest BCUT2D eigenvalue weighted by Crippen LogP contribution is -2.57. The summed E-state index contributed by atoms with van der Waals surface area (Å²) >= 11 is 0. The minimum absolute atomic E-state index is 0.560. The molecule has 0 unspecified atom stereocenters. The molecule has 86 valence electrons. The molecule has 0 aliphatic heterocycles. The molecule has 0 aliphatic rings. The second-order valence-electron chi connectivity index (χ2n) is 3.28. The molecule has 0 spiro atoms. The first kappa shape index (κ1) is 12.4. The van der Waals surface area contributed by atoms with Crippen LogP contribution in [0.25, 0.3) is 0 Å². The van der Waals surface area contributed by atoms with Gasteiger partial charge >= 0.3 is 14.7 Å². The summed E-state index contributed by atoms with van der Waals surface area (Å²) in [5.41, 5.74) is 1.02. The number of rotatable bonds is 5. The zero-order chi connectivity index (χ0) is 11.5. The van der Waals surface area contributed by atoms with Crippen LogP contribution in [0.4, 0.5) is 0 Å². The van der Waals surface area contributed by atoms with E-state index in [9.17, 15) is 0 Å². The van der Waals surface area contributed by atoms with Crippen LogP contribution in [0.5, 0.6) is 0 Å². The molecule has 5 nitrogen and oxygen atoms in total. The van der Waals surface area contributed by atoms with E-state index in [2.05, 4.69) is 0 Å². The Bertz CT molecular complexity index is 294. The summed E-state index contributed by atoms with van der Waals surface area (Å²) in [6, 6.07) is 0. The molecule has 0 amide bonds. The molecular formula is C9H18NO4Si+. The topological polar surface area (TPSA) is 44.7 Å². The lowest BCUT2D eigenvalue weighted by atomic mass is 10.5. The Morgan fingerprint density at radius 1 is 1.20 bits per heavy atom. The van der Waals surface area contributed by atoms with Crippen LogP contribution in [-0.4, -0.2) is 30.1 Å². The van der Waals surface area contributed by atoms with Crippen molar-refractivity contribution in [2.45, 2.75) is 20.0 Å². The largest absolute Gasteiger partial charge is 0.569 e. The van der Waals surface area contributed by atoms with Gasteiger partial charge in [0.2, 0.25) is 11.9 Å². The van der Waals surface area contributed by atoms with Gasteiger partial charge in [0, 0.05) is 28.3 Å². The van der Waals surface area contributed by atoms with Gasteiger partial charge in [-0.05, 0) is 0 Å². The van der Waals surface area contributed by atoms with Crippen molar-refractivity contribution in [2.75, 3.05) is 21.3 Å². The highest BCUT2D eigenvalue weighted by atomic mass is 28.4. The highest BCUT2D eigenvalue weighted by Crippen LogP contribution is 2.08. The molecule has 1 heterocycles. The average Bonchev–Trinajstić information content (AvgIpc) is 2.57. The third-order valence-corrected chi connectivity index (χ3v) is 5.06. The van der Waals surface area contributed by atoms with Crippen LogP contribution in [0.15, 0.2) is 10.7 Å². The van der Waals surface area contributed by atoms with Crippen molar-refractivity contribution in [1.82, 2.24) is 0 Å². The molecule has 0 N–H and O–H groups in total. The zero-order valence-corrected chi connectivity index (χ0v) is 10.9. The SMILES string of the molecule is CO[Si](C[n+]1c(C)coc1C)(OC)OC. The van der Waals surface area contributed by atoms with Crippen LogP contribution in [-0.2, 0) is 19.4 Å². The molecule has 0 saturated carbocycles. The summed E-state index contributed by atoms with van der Waals surface area (Å²) in [5.74, 6) is 0.815. The number of hydrogen-bond acceptors (Lipinski definition) is 4. The first-order chi connectivity index (χ1) is 7.08. The molecule has 0 saturated heterocycles. The molecule has 0 radical (unpaired) electrons. The van der Waals surface area contributed by atoms with E-state index in [1.165, 1.54) is 0 Å². The number of nitrogens with zero attached hydrogens (tertiary/aromatic N) is 1. The van der Waals surface area contributed by atoms with E-state index in [0.29, 0.717) is 6.17 Å². The number of aryl methyl sites for hydroxylation is 2. The molecule has 1 rings (SSSR count). The molecule has 0 aromatic carbocycles. The molecule has 0 fully saturated rings. The van der Waals surface area contributed by atoms with Crippen LogP contribution in [0, 0.1) is 13.8 Å². The van der Waals surface area contributed by atoms with Gasteiger partial charge in [0.05, 0.1) is 6.92 Å². The fraction of sp³-hybridized carbons (Fsp3) is 0.667. The number of hydrogen-bond donors (Lipinski definition) is 0. The predicted molar refractivity (Wildman–Crippen MR) is 55.2 cm³/mol. The molecule has 15 heavy (non-hydrogen) atoms. The van der Waals surface area contributed by atoms with Gasteiger partial charge < -0.3 is 17.7 Å². The monoisotopic (exact) mass is 232 g/mol. The molecular weight excluding hydrogens is 214 g/mol. The van der Waals surface area contributed by atoms with Gasteiger partial charge in [0.25, 0.3) is 0 Å². The van der Waals surface area contributed by atoms with Crippen molar-refractivity contribution >= 4 is 8.80 Å². The fourth-order valence-corrected chi connectivity index (χ4v) is 3.17. The van der Waals surface area contributed by atoms with Gasteiger partial charge in [-0.15, -0.1) is 0 Å². The van der Waals surface area contributed by atoms with Crippen LogP contribution in [0.3, 0.4) is 0 Å². The Morgan fingerprint density at radius 3 is 2.07 bits per heavy atom. The Balaban J connectivity index is 2.92. The van der Waals surface area contributed by atoms with Crippen LogP contribution in [0.2, 0.25) is 0 Å². The van der Waals surface area contributed by atoms with Crippen LogP contribution < -0.4 is 4.57 Å². The maximum Gasteiger partial charge on any atom is 0.569 e. The summed E-state index contributed by atoms with van der Waals surface area (Å²) in [6.45, 7) is 3.86. The molecule has 6 heteroatoms. The average molecular weight is 232 g/mol. The van der Waals surface area contributed by atoms with Crippen molar-refractivity contribution in [3.63, 3.8) is 0 Å². The van der Waals surface area contributed by atoms with Crippen molar-refractivity contribution in [3.05, 3.63) is 17.8 Å². The first-order valence-corrected chi connectivity index (χ1v) is 6.61. The molecule has 1 aromatic heterocycles. The molecule has 0 bridgehead atoms. The lowest BCUT2D eigenvalue weighted by Gasteiger charge is -2.20. The minimum Gasteiger partial charge on any atom is -0.410 e. The normalized spacial score (nSPS) is 12.1. The van der Waals surface area contributed by atoms with Crippen molar-refractivity contribution in [3.8, 4) is 0 Å². The van der Waals surface area contributed by atoms with E-state index < -0.39 is 8.80 Å². The van der Waals surface area contributed by atoms with E-state index in [4.69, 9.17) is 17.7 Å². The zero-order valence-electron chi connectivity index (χ0n) is 9.86. The number of oxazole rings is 1. The summed E-state index contributed by atoms with van der Waals surface area (Å²) in [4.78, 5) is 0. The lowest BCUT2D eigenvalue weighted by molar-refractivity contribution is -0.700. The fourth-order valence-electron chi connectivity index (χ4n) is 1.42. The van der Waals surface area contributed by atoms with Gasteiger partial charge in [-0.1, -0.05) is 0 Å². The Hall–Kier alpha value is -0.693. The highest BCUT2D eigenvalue weighted by molar-refractivity contribution is 6.58. The van der Waals surface area contributed by atoms with Gasteiger partial charge in [-0.25, -0.2) is 0 Å². The summed E-state index contributed by atoms with van der Waals surface area (Å²) in [5, 5.41) is 0. The predicted octanol–water partition coefficient (Wildman–Crippen LogP) is 0.601. The van der Waals surface area contributed by atoms with E-state index in [1.54, 1.807) is 27.6 Å². The standard InChI is InChI=1S/C9H18NO4Si/c1-8-6-14-9(2)10(8)7-15(11-3,12-4)13-5/h6H,7H2,1-5H3/q+1. The van der Waals surface area contributed by atoms with Gasteiger partial charge in [-0.3, -0.25) is 0 Å². The smallest absolute Gasteiger partial charge is 0.410 e. The molecule has 0 atom stereocenters. The van der Waals surface area contributed by atoms with E-state index in [1.807, 2.05) is 18.4 Å². The number of aromatic nitrogens is 1. The Labute approximate surface area is 90.9 Å². The van der Waals surface area contributed by atoms with Gasteiger partial charge in [0.15, 0.2) is 6.26 Å². The summed E-state index contributed by atoms with van der Waals surface area (Å²) in [7, 11) is 2.22. The minimum atomic E-state index is -2.58. The van der Waals surface area contributed by atoms with Gasteiger partial charge in [-0.2, -0.15) is 4.57 Å². The third kappa shape index (κ3) is 2.46. The summed E-state index contributed by atoms with van der Waals surface area (Å²) < 4.78 is 23.3. The van der Waals surface area contributed by atoms with E-state index >= 15 is 0 Å². The quantitative estimate of drug-likeness (QED) is 0.551. The highest BCUT2D eigenvalue weighted by Gasteiger charge is 2.45. The van der Waals surface area contributed by atoms with Crippen molar-refractivity contribution in [2.24, 2.45) is 0 Å². The molecule has 0 aliphatic carbocycles. The third-order valence-electron chi connectivity index (χ3n) is 2.49. The van der Waals surface area contributed by atoms with E-state index in [0.717, 1.165) is 11.6 Å². The first-order valence-electron chi connectivity index (χ1n) is 4.68. The second kappa shape index (κ2) is 4.89. The maximum atomic E-state index is 5.35. The van der Waals surface area contributed by atoms with Crippen molar-refractivity contribution in [1.29, 1.82) is 0 Å². The second-order valence-corrected chi connectivity index (χ2v) is 6.18. The summed E-state index contributed by atoms with van der Waals surface area (Å²) in [6.07, 6.45) is 2.26. The Kier molecular flexibility index (Phi) is 4.03. The van der Waals surface area contributed by atoms with Crippen LogP contribution in [0.1, 0.15) is 11.6 Å². The van der Waals surface area contributed by atoms with Gasteiger partial charge in [0.1, 0.15) is 0 Å². The molecule has 1 aromatic rings. The van der Waals surface area contributed by atoms with E-state index in [-0.39, 0.29) is 0 Å².